The van der Waals surface area contributed by atoms with Crippen LogP contribution in [0.15, 0.2) is 49.1 Å². The van der Waals surface area contributed by atoms with E-state index < -0.39 is 0 Å². The lowest BCUT2D eigenvalue weighted by Crippen LogP contribution is -2.10. The Balaban J connectivity index is 1.51. The van der Waals surface area contributed by atoms with E-state index in [1.807, 2.05) is 33.8 Å². The minimum Gasteiger partial charge on any atom is -0.496 e. The fraction of sp³-hybridized carbons (Fsp3) is 0.370. The summed E-state index contributed by atoms with van der Waals surface area (Å²) < 4.78 is 15.2. The Morgan fingerprint density at radius 3 is 2.44 bits per heavy atom. The fourth-order valence-corrected chi connectivity index (χ4v) is 4.97. The minimum absolute atomic E-state index is 0.0832. The highest BCUT2D eigenvalue weighted by atomic mass is 16.5. The van der Waals surface area contributed by atoms with Crippen LogP contribution < -0.4 is 9.47 Å². The van der Waals surface area contributed by atoms with Crippen molar-refractivity contribution in [3.63, 3.8) is 0 Å². The van der Waals surface area contributed by atoms with Gasteiger partial charge < -0.3 is 9.47 Å². The molecular weight excluding hydrogens is 428 g/mol. The molecule has 0 unspecified atom stereocenters. The van der Waals surface area contributed by atoms with Crippen molar-refractivity contribution in [2.75, 3.05) is 14.2 Å². The summed E-state index contributed by atoms with van der Waals surface area (Å²) >= 11 is 0. The Hall–Kier alpha value is -3.61. The zero-order valence-corrected chi connectivity index (χ0v) is 20.0. The molecule has 7 heteroatoms. The third-order valence-electron chi connectivity index (χ3n) is 6.83. The van der Waals surface area contributed by atoms with E-state index >= 15 is 0 Å². The lowest BCUT2D eigenvalue weighted by atomic mass is 9.95. The maximum absolute atomic E-state index is 13.2. The molecule has 0 radical (unpaired) electrons. The number of imidazole rings is 1. The first-order valence-corrected chi connectivity index (χ1v) is 11.9. The number of hydrogen-bond donors (Lipinski definition) is 0. The lowest BCUT2D eigenvalue weighted by Gasteiger charge is -2.17. The van der Waals surface area contributed by atoms with Gasteiger partial charge in [0.15, 0.2) is 5.78 Å². The number of carbonyl (C=O) groups excluding carboxylic acids is 1. The fourth-order valence-electron chi connectivity index (χ4n) is 4.97. The summed E-state index contributed by atoms with van der Waals surface area (Å²) in [6.45, 7) is 2.90. The first-order valence-electron chi connectivity index (χ1n) is 11.9. The van der Waals surface area contributed by atoms with Gasteiger partial charge in [-0.1, -0.05) is 31.7 Å². The Kier molecular flexibility index (Phi) is 6.09. The Bertz CT molecular complexity index is 1310. The third-order valence-corrected chi connectivity index (χ3v) is 6.83. The number of rotatable bonds is 8. The van der Waals surface area contributed by atoms with Crippen molar-refractivity contribution >= 4 is 16.8 Å². The van der Waals surface area contributed by atoms with E-state index in [2.05, 4.69) is 35.2 Å². The Labute approximate surface area is 199 Å². The summed E-state index contributed by atoms with van der Waals surface area (Å²) in [5.41, 5.74) is 5.33. The van der Waals surface area contributed by atoms with Crippen molar-refractivity contribution in [3.8, 4) is 28.3 Å². The summed E-state index contributed by atoms with van der Waals surface area (Å²) in [7, 11) is 3.19. The lowest BCUT2D eigenvalue weighted by molar-refractivity contribution is 0.0956. The maximum Gasteiger partial charge on any atom is 0.170 e. The van der Waals surface area contributed by atoms with Crippen LogP contribution in [0.2, 0.25) is 0 Å². The van der Waals surface area contributed by atoms with Gasteiger partial charge in [-0.05, 0) is 30.5 Å². The van der Waals surface area contributed by atoms with Crippen LogP contribution in [0.1, 0.15) is 49.4 Å². The normalized spacial score (nSPS) is 14.1. The van der Waals surface area contributed by atoms with E-state index in [4.69, 9.17) is 9.47 Å². The summed E-state index contributed by atoms with van der Waals surface area (Å²) in [4.78, 5) is 17.8. The Morgan fingerprint density at radius 2 is 1.79 bits per heavy atom. The third kappa shape index (κ3) is 4.06. The zero-order chi connectivity index (χ0) is 23.7. The number of methoxy groups -OCH3 is 2. The van der Waals surface area contributed by atoms with Crippen LogP contribution in [0, 0.1) is 5.92 Å². The quantitative estimate of drug-likeness (QED) is 0.317. The second-order valence-electron chi connectivity index (χ2n) is 8.91. The molecule has 0 spiro atoms. The van der Waals surface area contributed by atoms with Crippen LogP contribution >= 0.6 is 0 Å². The van der Waals surface area contributed by atoms with Crippen LogP contribution in [0.5, 0.6) is 11.5 Å². The van der Waals surface area contributed by atoms with Crippen LogP contribution in [0.4, 0.5) is 0 Å². The largest absolute Gasteiger partial charge is 0.496 e. The van der Waals surface area contributed by atoms with E-state index in [1.165, 1.54) is 12.8 Å². The minimum atomic E-state index is 0.0832. The molecule has 1 aliphatic carbocycles. The molecule has 0 atom stereocenters. The van der Waals surface area contributed by atoms with Gasteiger partial charge in [0.2, 0.25) is 0 Å². The molecule has 1 aliphatic rings. The number of benzene rings is 2. The number of aryl methyl sites for hydroxylation is 1. The molecule has 0 aliphatic heterocycles. The van der Waals surface area contributed by atoms with Gasteiger partial charge in [-0.25, -0.2) is 4.98 Å². The summed E-state index contributed by atoms with van der Waals surface area (Å²) in [6.07, 6.45) is 10.9. The molecule has 4 aromatic rings. The topological polar surface area (TPSA) is 71.2 Å². The number of nitrogens with zero attached hydrogens (tertiary/aromatic N) is 4. The zero-order valence-electron chi connectivity index (χ0n) is 20.0. The van der Waals surface area contributed by atoms with E-state index in [0.717, 1.165) is 47.2 Å². The monoisotopic (exact) mass is 458 g/mol. The smallest absolute Gasteiger partial charge is 0.170 e. The van der Waals surface area contributed by atoms with E-state index in [0.29, 0.717) is 29.4 Å². The molecule has 1 fully saturated rings. The van der Waals surface area contributed by atoms with Crippen molar-refractivity contribution < 1.29 is 14.3 Å². The van der Waals surface area contributed by atoms with E-state index in [-0.39, 0.29) is 5.78 Å². The number of fused-ring (bicyclic) bond motifs is 1. The van der Waals surface area contributed by atoms with Gasteiger partial charge in [-0.3, -0.25) is 14.0 Å². The number of ketones is 1. The van der Waals surface area contributed by atoms with Gasteiger partial charge in [-0.2, -0.15) is 5.10 Å². The first kappa shape index (κ1) is 22.2. The molecular formula is C27H30N4O3. The van der Waals surface area contributed by atoms with Crippen molar-refractivity contribution in [3.05, 3.63) is 54.6 Å². The molecule has 2 aromatic heterocycles. The molecule has 2 heterocycles. The highest BCUT2D eigenvalue weighted by molar-refractivity contribution is 6.02. The number of Topliss-reactive ketones (excluding diaryl/α,β-unsaturated/α-hetero) is 1. The predicted molar refractivity (Wildman–Crippen MR) is 132 cm³/mol. The highest BCUT2D eigenvalue weighted by Gasteiger charge is 2.25. The van der Waals surface area contributed by atoms with Crippen molar-refractivity contribution in [2.24, 2.45) is 5.92 Å². The van der Waals surface area contributed by atoms with Crippen molar-refractivity contribution in [2.45, 2.75) is 45.6 Å². The number of hydrogen-bond acceptors (Lipinski definition) is 5. The SMILES string of the molecule is CCn1cc(-c2ccc3c(c2)ncn3-c2cc(OC)c(C(=O)CC3CCCC3)c(OC)c2)cn1. The highest BCUT2D eigenvalue weighted by Crippen LogP contribution is 2.37. The standard InChI is InChI=1S/C27H30N4O3/c1-4-30-16-20(15-29-30)19-9-10-23-22(12-19)28-17-31(23)21-13-25(33-2)27(26(14-21)34-3)24(32)11-18-7-5-6-8-18/h9-10,12-18H,4-8,11H2,1-3H3. The number of aromatic nitrogens is 4. The Morgan fingerprint density at radius 1 is 1.06 bits per heavy atom. The van der Waals surface area contributed by atoms with Gasteiger partial charge in [0, 0.05) is 36.9 Å². The molecule has 0 amide bonds. The second kappa shape index (κ2) is 9.33. The number of carbonyl (C=O) groups is 1. The summed E-state index contributed by atoms with van der Waals surface area (Å²) in [5, 5.41) is 4.37. The second-order valence-corrected chi connectivity index (χ2v) is 8.91. The van der Waals surface area contributed by atoms with Gasteiger partial charge in [0.1, 0.15) is 23.4 Å². The molecule has 7 nitrogen and oxygen atoms in total. The summed E-state index contributed by atoms with van der Waals surface area (Å²) in [6, 6.07) is 9.98. The molecule has 2 aromatic carbocycles. The van der Waals surface area contributed by atoms with Gasteiger partial charge in [0.25, 0.3) is 0 Å². The van der Waals surface area contributed by atoms with Crippen LogP contribution in [0.25, 0.3) is 27.8 Å². The van der Waals surface area contributed by atoms with E-state index in [1.54, 1.807) is 20.5 Å². The molecule has 176 valence electrons. The van der Waals surface area contributed by atoms with Crippen molar-refractivity contribution in [1.82, 2.24) is 19.3 Å². The molecule has 0 saturated heterocycles. The maximum atomic E-state index is 13.2. The van der Waals surface area contributed by atoms with Gasteiger partial charge in [0.05, 0.1) is 37.1 Å². The molecule has 1 saturated carbocycles. The average Bonchev–Trinajstić information content (AvgIpc) is 3.63. The van der Waals surface area contributed by atoms with Crippen LogP contribution in [-0.4, -0.2) is 39.3 Å². The first-order chi connectivity index (χ1) is 16.6. The molecule has 0 bridgehead atoms. The molecule has 5 rings (SSSR count). The van der Waals surface area contributed by atoms with Crippen molar-refractivity contribution in [1.29, 1.82) is 0 Å². The predicted octanol–water partition coefficient (Wildman–Crippen LogP) is 5.69. The van der Waals surface area contributed by atoms with E-state index in [9.17, 15) is 4.79 Å². The number of ether oxygens (including phenoxy) is 2. The van der Waals surface area contributed by atoms with Gasteiger partial charge in [-0.15, -0.1) is 0 Å². The van der Waals surface area contributed by atoms with Crippen LogP contribution in [-0.2, 0) is 6.54 Å². The summed E-state index contributed by atoms with van der Waals surface area (Å²) in [5.74, 6) is 1.60. The molecule has 34 heavy (non-hydrogen) atoms. The molecule has 0 N–H and O–H groups in total. The van der Waals surface area contributed by atoms with Gasteiger partial charge >= 0.3 is 0 Å². The average molecular weight is 459 g/mol. The van der Waals surface area contributed by atoms with Crippen LogP contribution in [0.3, 0.4) is 0 Å².